The van der Waals surface area contributed by atoms with E-state index in [9.17, 15) is 14.9 Å². The van der Waals surface area contributed by atoms with Crippen molar-refractivity contribution in [3.63, 3.8) is 0 Å². The van der Waals surface area contributed by atoms with E-state index in [0.717, 1.165) is 25.7 Å². The van der Waals surface area contributed by atoms with Crippen molar-refractivity contribution in [2.75, 3.05) is 6.61 Å². The molecule has 3 aromatic rings. The van der Waals surface area contributed by atoms with Crippen molar-refractivity contribution in [2.45, 2.75) is 58.8 Å². The van der Waals surface area contributed by atoms with E-state index in [1.54, 1.807) is 24.3 Å². The zero-order valence-corrected chi connectivity index (χ0v) is 19.9. The normalized spacial score (nSPS) is 15.1. The third-order valence-electron chi connectivity index (χ3n) is 5.93. The van der Waals surface area contributed by atoms with Crippen LogP contribution in [0.5, 0.6) is 5.75 Å². The van der Waals surface area contributed by atoms with E-state index < -0.39 is 4.92 Å². The third kappa shape index (κ3) is 5.16. The Morgan fingerprint density at radius 2 is 1.88 bits per heavy atom. The molecule has 34 heavy (non-hydrogen) atoms. The highest BCUT2D eigenvalue weighted by atomic mass is 16.6. The molecule has 0 amide bonds. The van der Waals surface area contributed by atoms with Gasteiger partial charge in [0, 0.05) is 17.5 Å². The quantitative estimate of drug-likeness (QED) is 0.267. The van der Waals surface area contributed by atoms with Gasteiger partial charge in [-0.1, -0.05) is 58.2 Å². The van der Waals surface area contributed by atoms with Crippen LogP contribution < -0.4 is 10.3 Å². The Morgan fingerprint density at radius 1 is 1.15 bits per heavy atom. The molecule has 0 aliphatic heterocycles. The van der Waals surface area contributed by atoms with Gasteiger partial charge in [-0.15, -0.1) is 0 Å². The number of fused-ring (bicyclic) bond motifs is 1. The zero-order chi connectivity index (χ0) is 24.3. The van der Waals surface area contributed by atoms with Crippen molar-refractivity contribution in [2.24, 2.45) is 10.5 Å². The van der Waals surface area contributed by atoms with Crippen LogP contribution in [0.1, 0.15) is 70.2 Å². The number of ether oxygens (including phenoxy) is 1. The van der Waals surface area contributed by atoms with Gasteiger partial charge in [0.15, 0.2) is 0 Å². The average Bonchev–Trinajstić information content (AvgIpc) is 2.82. The summed E-state index contributed by atoms with van der Waals surface area (Å²) in [6.07, 6.45) is 6.74. The molecule has 0 spiro atoms. The smallest absolute Gasteiger partial charge is 0.311 e. The van der Waals surface area contributed by atoms with Gasteiger partial charge in [-0.3, -0.25) is 14.9 Å². The van der Waals surface area contributed by atoms with Crippen molar-refractivity contribution in [1.82, 2.24) is 9.66 Å². The fourth-order valence-corrected chi connectivity index (χ4v) is 4.23. The zero-order valence-electron chi connectivity index (χ0n) is 19.9. The molecule has 1 heterocycles. The SMILES string of the molecule is CC(C)(C)COc1c(C=Nn2c(C3CCCCC3)nc3ccccc3c2=O)cccc1[N+](=O)[O-]. The van der Waals surface area contributed by atoms with Crippen molar-refractivity contribution in [3.8, 4) is 5.75 Å². The predicted molar refractivity (Wildman–Crippen MR) is 133 cm³/mol. The lowest BCUT2D eigenvalue weighted by molar-refractivity contribution is -0.386. The van der Waals surface area contributed by atoms with E-state index in [1.807, 2.05) is 32.9 Å². The second-order valence-electron chi connectivity index (χ2n) is 9.99. The average molecular weight is 463 g/mol. The fraction of sp³-hybridized carbons (Fsp3) is 0.423. The topological polar surface area (TPSA) is 99.6 Å². The third-order valence-corrected chi connectivity index (χ3v) is 5.93. The first-order valence-corrected chi connectivity index (χ1v) is 11.7. The maximum absolute atomic E-state index is 13.4. The molecule has 1 fully saturated rings. The van der Waals surface area contributed by atoms with E-state index in [0.29, 0.717) is 28.9 Å². The second kappa shape index (κ2) is 9.75. The summed E-state index contributed by atoms with van der Waals surface area (Å²) < 4.78 is 7.26. The van der Waals surface area contributed by atoms with Crippen LogP contribution in [0, 0.1) is 15.5 Å². The van der Waals surface area contributed by atoms with Crippen LogP contribution in [-0.2, 0) is 0 Å². The summed E-state index contributed by atoms with van der Waals surface area (Å²) in [4.78, 5) is 29.4. The molecule has 0 unspecified atom stereocenters. The van der Waals surface area contributed by atoms with Crippen molar-refractivity contribution < 1.29 is 9.66 Å². The fourth-order valence-electron chi connectivity index (χ4n) is 4.23. The molecule has 8 heteroatoms. The highest BCUT2D eigenvalue weighted by Crippen LogP contribution is 2.33. The number of para-hydroxylation sites is 2. The molecule has 0 atom stereocenters. The van der Waals surface area contributed by atoms with Crippen LogP contribution >= 0.6 is 0 Å². The maximum Gasteiger partial charge on any atom is 0.311 e. The summed E-state index contributed by atoms with van der Waals surface area (Å²) in [6, 6.07) is 12.0. The molecular formula is C26H30N4O4. The van der Waals surface area contributed by atoms with Crippen molar-refractivity contribution >= 4 is 22.8 Å². The summed E-state index contributed by atoms with van der Waals surface area (Å²) in [6.45, 7) is 6.27. The summed E-state index contributed by atoms with van der Waals surface area (Å²) in [7, 11) is 0. The molecule has 1 aromatic heterocycles. The number of hydrogen-bond acceptors (Lipinski definition) is 6. The Bertz CT molecular complexity index is 1280. The van der Waals surface area contributed by atoms with Crippen LogP contribution in [0.15, 0.2) is 52.4 Å². The van der Waals surface area contributed by atoms with Crippen LogP contribution in [0.4, 0.5) is 5.69 Å². The van der Waals surface area contributed by atoms with Crippen molar-refractivity contribution in [1.29, 1.82) is 0 Å². The number of nitro benzene ring substituents is 1. The van der Waals surface area contributed by atoms with Crippen LogP contribution in [-0.4, -0.2) is 27.4 Å². The Balaban J connectivity index is 1.82. The molecule has 8 nitrogen and oxygen atoms in total. The van der Waals surface area contributed by atoms with E-state index in [-0.39, 0.29) is 28.3 Å². The molecule has 178 valence electrons. The predicted octanol–water partition coefficient (Wildman–Crippen LogP) is 5.66. The Morgan fingerprint density at radius 3 is 2.59 bits per heavy atom. The lowest BCUT2D eigenvalue weighted by Gasteiger charge is -2.23. The first-order chi connectivity index (χ1) is 16.2. The number of hydrogen-bond donors (Lipinski definition) is 0. The Kier molecular flexibility index (Phi) is 6.77. The van der Waals surface area contributed by atoms with Gasteiger partial charge >= 0.3 is 5.69 Å². The van der Waals surface area contributed by atoms with E-state index in [2.05, 4.69) is 5.10 Å². The molecule has 1 saturated carbocycles. The number of nitrogens with zero attached hydrogens (tertiary/aromatic N) is 4. The summed E-state index contributed by atoms with van der Waals surface area (Å²) in [5.74, 6) is 0.930. The number of aromatic nitrogens is 2. The lowest BCUT2D eigenvalue weighted by Crippen LogP contribution is -2.25. The van der Waals surface area contributed by atoms with Gasteiger partial charge in [-0.05, 0) is 36.5 Å². The molecular weight excluding hydrogens is 432 g/mol. The minimum absolute atomic E-state index is 0.135. The number of benzene rings is 2. The van der Waals surface area contributed by atoms with Gasteiger partial charge in [-0.25, -0.2) is 4.98 Å². The first kappa shape index (κ1) is 23.6. The summed E-state index contributed by atoms with van der Waals surface area (Å²) >= 11 is 0. The first-order valence-electron chi connectivity index (χ1n) is 11.7. The van der Waals surface area contributed by atoms with E-state index in [1.165, 1.54) is 23.4 Å². The largest absolute Gasteiger partial charge is 0.486 e. The molecule has 1 aliphatic rings. The van der Waals surface area contributed by atoms with Gasteiger partial charge in [0.05, 0.1) is 28.6 Å². The molecule has 1 aliphatic carbocycles. The standard InChI is InChI=1S/C26H30N4O4/c1-26(2,3)17-34-23-19(12-9-15-22(23)30(32)33)16-27-29-24(18-10-5-4-6-11-18)28-21-14-8-7-13-20(21)25(29)31/h7-9,12-16,18H,4-6,10-11,17H2,1-3H3. The number of nitro groups is 1. The summed E-state index contributed by atoms with van der Waals surface area (Å²) in [5.41, 5.74) is 0.526. The summed E-state index contributed by atoms with van der Waals surface area (Å²) in [5, 5.41) is 16.7. The van der Waals surface area contributed by atoms with Gasteiger partial charge in [0.2, 0.25) is 5.75 Å². The monoisotopic (exact) mass is 462 g/mol. The van der Waals surface area contributed by atoms with Crippen LogP contribution in [0.3, 0.4) is 0 Å². The second-order valence-corrected chi connectivity index (χ2v) is 9.99. The molecule has 0 radical (unpaired) electrons. The minimum atomic E-state index is -0.466. The minimum Gasteiger partial charge on any atom is -0.486 e. The molecule has 0 N–H and O–H groups in total. The number of rotatable bonds is 6. The molecule has 0 bridgehead atoms. The van der Waals surface area contributed by atoms with Crippen LogP contribution in [0.2, 0.25) is 0 Å². The molecule has 0 saturated heterocycles. The maximum atomic E-state index is 13.4. The van der Waals surface area contributed by atoms with Crippen molar-refractivity contribution in [3.05, 3.63) is 74.3 Å². The molecule has 2 aromatic carbocycles. The highest BCUT2D eigenvalue weighted by Gasteiger charge is 2.24. The van der Waals surface area contributed by atoms with Gasteiger partial charge in [0.25, 0.3) is 5.56 Å². The Labute approximate surface area is 198 Å². The van der Waals surface area contributed by atoms with Gasteiger partial charge < -0.3 is 4.74 Å². The van der Waals surface area contributed by atoms with E-state index in [4.69, 9.17) is 9.72 Å². The van der Waals surface area contributed by atoms with E-state index >= 15 is 0 Å². The molecule has 4 rings (SSSR count). The Hall–Kier alpha value is -3.55. The van der Waals surface area contributed by atoms with Crippen LogP contribution in [0.25, 0.3) is 10.9 Å². The van der Waals surface area contributed by atoms with Gasteiger partial charge in [0.1, 0.15) is 5.82 Å². The highest BCUT2D eigenvalue weighted by molar-refractivity contribution is 5.86. The van der Waals surface area contributed by atoms with Gasteiger partial charge in [-0.2, -0.15) is 9.78 Å². The lowest BCUT2D eigenvalue weighted by atomic mass is 9.88.